The molecule has 0 aliphatic carbocycles. The van der Waals surface area contributed by atoms with Gasteiger partial charge in [0, 0.05) is 42.8 Å². The molecule has 1 aromatic heterocycles. The van der Waals surface area contributed by atoms with Crippen LogP contribution in [0.1, 0.15) is 29.8 Å². The molecular weight excluding hydrogens is 256 g/mol. The number of nitrogens with zero attached hydrogens (tertiary/aromatic N) is 3. The highest BCUT2D eigenvalue weighted by Gasteiger charge is 2.14. The number of benzene rings is 1. The average Bonchev–Trinajstić information content (AvgIpc) is 2.46. The molecule has 104 valence electrons. The zero-order chi connectivity index (χ0) is 14.5. The number of nitrogens with one attached hydrogen (secondary N) is 1. The van der Waals surface area contributed by atoms with Crippen molar-refractivity contribution in [2.24, 2.45) is 0 Å². The van der Waals surface area contributed by atoms with Crippen LogP contribution in [0.25, 0.3) is 0 Å². The van der Waals surface area contributed by atoms with Gasteiger partial charge in [-0.2, -0.15) is 0 Å². The number of hydrogen-bond acceptors (Lipinski definition) is 5. The van der Waals surface area contributed by atoms with E-state index in [0.717, 1.165) is 11.3 Å². The average molecular weight is 272 g/mol. The monoisotopic (exact) mass is 272 g/mol. The highest BCUT2D eigenvalue weighted by molar-refractivity contribution is 5.44. The molecule has 0 spiro atoms. The first-order valence-electron chi connectivity index (χ1n) is 6.31. The van der Waals surface area contributed by atoms with Crippen LogP contribution in [-0.4, -0.2) is 14.9 Å². The molecule has 1 N–H and O–H groups in total. The van der Waals surface area contributed by atoms with Crippen LogP contribution in [0.5, 0.6) is 0 Å². The Labute approximate surface area is 117 Å². The van der Waals surface area contributed by atoms with E-state index in [-0.39, 0.29) is 16.7 Å². The van der Waals surface area contributed by atoms with Gasteiger partial charge in [0.05, 0.1) is 10.6 Å². The van der Waals surface area contributed by atoms with Gasteiger partial charge in [-0.3, -0.25) is 20.1 Å². The molecule has 0 bridgehead atoms. The van der Waals surface area contributed by atoms with Gasteiger partial charge in [-0.15, -0.1) is 0 Å². The fourth-order valence-corrected chi connectivity index (χ4v) is 1.96. The van der Waals surface area contributed by atoms with Gasteiger partial charge in [0.25, 0.3) is 5.69 Å². The molecule has 2 aromatic rings. The molecule has 0 radical (unpaired) electrons. The van der Waals surface area contributed by atoms with Gasteiger partial charge >= 0.3 is 0 Å². The lowest BCUT2D eigenvalue weighted by Gasteiger charge is -2.14. The molecule has 20 heavy (non-hydrogen) atoms. The molecule has 1 atom stereocenters. The lowest BCUT2D eigenvalue weighted by atomic mass is 10.1. The zero-order valence-corrected chi connectivity index (χ0v) is 11.4. The third-order valence-corrected chi connectivity index (χ3v) is 3.24. The maximum Gasteiger partial charge on any atom is 0.272 e. The standard InChI is InChI=1S/C14H16N4O2/c1-10-12(4-3-5-14(10)18(19)20)8-17-11(2)13-9-15-6-7-16-13/h3-7,9,11,17H,8H2,1-2H3. The minimum atomic E-state index is -0.356. The highest BCUT2D eigenvalue weighted by Crippen LogP contribution is 2.21. The molecule has 1 heterocycles. The SMILES string of the molecule is Cc1c(CNC(C)c2cnccn2)cccc1[N+](=O)[O-]. The van der Waals surface area contributed by atoms with Crippen molar-refractivity contribution < 1.29 is 4.92 Å². The molecule has 6 nitrogen and oxygen atoms in total. The third kappa shape index (κ3) is 3.16. The van der Waals surface area contributed by atoms with Crippen molar-refractivity contribution in [2.45, 2.75) is 26.4 Å². The molecule has 0 saturated heterocycles. The van der Waals surface area contributed by atoms with Gasteiger partial charge in [-0.1, -0.05) is 12.1 Å². The number of hydrogen-bond donors (Lipinski definition) is 1. The van der Waals surface area contributed by atoms with Crippen molar-refractivity contribution in [3.05, 3.63) is 63.7 Å². The smallest absolute Gasteiger partial charge is 0.272 e. The number of nitro groups is 1. The van der Waals surface area contributed by atoms with Crippen molar-refractivity contribution in [1.82, 2.24) is 15.3 Å². The predicted octanol–water partition coefficient (Wildman–Crippen LogP) is 2.54. The Morgan fingerprint density at radius 1 is 1.40 bits per heavy atom. The third-order valence-electron chi connectivity index (χ3n) is 3.24. The summed E-state index contributed by atoms with van der Waals surface area (Å²) in [5.74, 6) is 0. The van der Waals surface area contributed by atoms with Crippen molar-refractivity contribution in [1.29, 1.82) is 0 Å². The first-order chi connectivity index (χ1) is 9.59. The number of aromatic nitrogens is 2. The van der Waals surface area contributed by atoms with E-state index in [1.54, 1.807) is 31.6 Å². The minimum Gasteiger partial charge on any atom is -0.305 e. The number of nitro benzene ring substituents is 1. The van der Waals surface area contributed by atoms with Crippen LogP contribution in [-0.2, 0) is 6.54 Å². The van der Waals surface area contributed by atoms with E-state index in [9.17, 15) is 10.1 Å². The van der Waals surface area contributed by atoms with Crippen LogP contribution in [0.3, 0.4) is 0 Å². The molecule has 0 aliphatic rings. The van der Waals surface area contributed by atoms with Crippen LogP contribution in [0.15, 0.2) is 36.8 Å². The summed E-state index contributed by atoms with van der Waals surface area (Å²) in [6.45, 7) is 4.30. The molecule has 6 heteroatoms. The van der Waals surface area contributed by atoms with Crippen molar-refractivity contribution >= 4 is 5.69 Å². The van der Waals surface area contributed by atoms with Gasteiger partial charge in [0.1, 0.15) is 0 Å². The quantitative estimate of drug-likeness (QED) is 0.668. The van der Waals surface area contributed by atoms with Gasteiger partial charge in [-0.25, -0.2) is 0 Å². The lowest BCUT2D eigenvalue weighted by molar-refractivity contribution is -0.385. The van der Waals surface area contributed by atoms with E-state index in [2.05, 4.69) is 15.3 Å². The second-order valence-electron chi connectivity index (χ2n) is 4.55. The molecular formula is C14H16N4O2. The second-order valence-corrected chi connectivity index (χ2v) is 4.55. The molecule has 0 aliphatic heterocycles. The topological polar surface area (TPSA) is 81.0 Å². The second kappa shape index (κ2) is 6.21. The molecule has 1 unspecified atom stereocenters. The summed E-state index contributed by atoms with van der Waals surface area (Å²) in [6.07, 6.45) is 4.98. The van der Waals surface area contributed by atoms with E-state index in [0.29, 0.717) is 12.1 Å². The molecule has 0 saturated carbocycles. The van der Waals surface area contributed by atoms with Crippen molar-refractivity contribution in [2.75, 3.05) is 0 Å². The predicted molar refractivity (Wildman–Crippen MR) is 75.1 cm³/mol. The summed E-state index contributed by atoms with van der Waals surface area (Å²) >= 11 is 0. The van der Waals surface area contributed by atoms with Crippen molar-refractivity contribution in [3.8, 4) is 0 Å². The maximum absolute atomic E-state index is 10.9. The molecule has 1 aromatic carbocycles. The van der Waals surface area contributed by atoms with Crippen LogP contribution in [0.4, 0.5) is 5.69 Å². The Kier molecular flexibility index (Phi) is 4.37. The summed E-state index contributed by atoms with van der Waals surface area (Å²) in [5.41, 5.74) is 2.60. The van der Waals surface area contributed by atoms with Gasteiger partial charge in [0.2, 0.25) is 0 Å². The summed E-state index contributed by atoms with van der Waals surface area (Å²) in [4.78, 5) is 18.8. The summed E-state index contributed by atoms with van der Waals surface area (Å²) in [5, 5.41) is 14.2. The fourth-order valence-electron chi connectivity index (χ4n) is 1.96. The molecule has 0 fully saturated rings. The fraction of sp³-hybridized carbons (Fsp3) is 0.286. The normalized spacial score (nSPS) is 12.1. The molecule has 0 amide bonds. The highest BCUT2D eigenvalue weighted by atomic mass is 16.6. The first kappa shape index (κ1) is 14.1. The lowest BCUT2D eigenvalue weighted by Crippen LogP contribution is -2.19. The van der Waals surface area contributed by atoms with Crippen LogP contribution >= 0.6 is 0 Å². The first-order valence-corrected chi connectivity index (χ1v) is 6.31. The van der Waals surface area contributed by atoms with Crippen LogP contribution in [0, 0.1) is 17.0 Å². The van der Waals surface area contributed by atoms with E-state index in [1.165, 1.54) is 6.07 Å². The summed E-state index contributed by atoms with van der Waals surface area (Å²) < 4.78 is 0. The largest absolute Gasteiger partial charge is 0.305 e. The van der Waals surface area contributed by atoms with E-state index >= 15 is 0 Å². The van der Waals surface area contributed by atoms with Gasteiger partial charge in [-0.05, 0) is 19.4 Å². The van der Waals surface area contributed by atoms with Crippen LogP contribution in [0.2, 0.25) is 0 Å². The van der Waals surface area contributed by atoms with Gasteiger partial charge in [0.15, 0.2) is 0 Å². The zero-order valence-electron chi connectivity index (χ0n) is 11.4. The Bertz CT molecular complexity index is 601. The minimum absolute atomic E-state index is 0.0300. The van der Waals surface area contributed by atoms with Crippen LogP contribution < -0.4 is 5.32 Å². The van der Waals surface area contributed by atoms with E-state index in [1.807, 2.05) is 13.0 Å². The number of rotatable bonds is 5. The Hall–Kier alpha value is -2.34. The maximum atomic E-state index is 10.9. The summed E-state index contributed by atoms with van der Waals surface area (Å²) in [6, 6.07) is 5.14. The van der Waals surface area contributed by atoms with E-state index < -0.39 is 0 Å². The Morgan fingerprint density at radius 2 is 2.20 bits per heavy atom. The van der Waals surface area contributed by atoms with Gasteiger partial charge < -0.3 is 5.32 Å². The Morgan fingerprint density at radius 3 is 2.85 bits per heavy atom. The summed E-state index contributed by atoms with van der Waals surface area (Å²) in [7, 11) is 0. The Balaban J connectivity index is 2.08. The van der Waals surface area contributed by atoms with E-state index in [4.69, 9.17) is 0 Å². The molecule has 2 rings (SSSR count). The van der Waals surface area contributed by atoms with Crippen molar-refractivity contribution in [3.63, 3.8) is 0 Å².